The molecule has 4 nitrogen and oxygen atoms in total. The average molecular weight is 286 g/mol. The smallest absolute Gasteiger partial charge is 0.187 e. The van der Waals surface area contributed by atoms with Gasteiger partial charge in [0.1, 0.15) is 5.69 Å². The van der Waals surface area contributed by atoms with Crippen LogP contribution in [-0.2, 0) is 0 Å². The fraction of sp³-hybridized carbons (Fsp3) is 0.167. The van der Waals surface area contributed by atoms with E-state index in [2.05, 4.69) is 34.5 Å². The molecule has 1 aromatic carbocycles. The third-order valence-corrected chi connectivity index (χ3v) is 4.31. The van der Waals surface area contributed by atoms with E-state index in [0.29, 0.717) is 0 Å². The Morgan fingerprint density at radius 3 is 2.77 bits per heavy atom. The van der Waals surface area contributed by atoms with Crippen molar-refractivity contribution in [3.05, 3.63) is 60.3 Å². The SMILES string of the molecule is c1ccn2c(-c3ccc4ccc(C5CC5)cc4n3)nnc2c1. The molecule has 22 heavy (non-hydrogen) atoms. The number of hydrogen-bond acceptors (Lipinski definition) is 3. The topological polar surface area (TPSA) is 43.1 Å². The van der Waals surface area contributed by atoms with Gasteiger partial charge in [0.15, 0.2) is 11.5 Å². The van der Waals surface area contributed by atoms with E-state index < -0.39 is 0 Å². The van der Waals surface area contributed by atoms with Gasteiger partial charge in [-0.1, -0.05) is 24.3 Å². The molecule has 1 fully saturated rings. The van der Waals surface area contributed by atoms with Crippen LogP contribution in [-0.4, -0.2) is 19.6 Å². The van der Waals surface area contributed by atoms with Crippen molar-refractivity contribution in [2.24, 2.45) is 0 Å². The van der Waals surface area contributed by atoms with Gasteiger partial charge in [-0.15, -0.1) is 10.2 Å². The van der Waals surface area contributed by atoms with E-state index in [4.69, 9.17) is 4.98 Å². The van der Waals surface area contributed by atoms with Crippen molar-refractivity contribution in [1.82, 2.24) is 19.6 Å². The number of nitrogens with zero attached hydrogens (tertiary/aromatic N) is 4. The lowest BCUT2D eigenvalue weighted by molar-refractivity contribution is 1.09. The van der Waals surface area contributed by atoms with Crippen LogP contribution in [0.1, 0.15) is 24.3 Å². The molecule has 0 atom stereocenters. The molecule has 4 aromatic rings. The Morgan fingerprint density at radius 1 is 0.955 bits per heavy atom. The third-order valence-electron chi connectivity index (χ3n) is 4.31. The minimum absolute atomic E-state index is 0.740. The van der Waals surface area contributed by atoms with Crippen molar-refractivity contribution in [3.63, 3.8) is 0 Å². The predicted octanol–water partition coefficient (Wildman–Crippen LogP) is 3.82. The van der Waals surface area contributed by atoms with Gasteiger partial charge in [0.2, 0.25) is 0 Å². The van der Waals surface area contributed by atoms with E-state index in [-0.39, 0.29) is 0 Å². The maximum absolute atomic E-state index is 4.82. The first-order chi connectivity index (χ1) is 10.9. The number of fused-ring (bicyclic) bond motifs is 2. The Balaban J connectivity index is 1.70. The van der Waals surface area contributed by atoms with Crippen LogP contribution in [0.25, 0.3) is 28.1 Å². The monoisotopic (exact) mass is 286 g/mol. The second-order valence-electron chi connectivity index (χ2n) is 5.88. The Bertz CT molecular complexity index is 998. The largest absolute Gasteiger partial charge is 0.281 e. The summed E-state index contributed by atoms with van der Waals surface area (Å²) in [4.78, 5) is 4.82. The van der Waals surface area contributed by atoms with Crippen LogP contribution < -0.4 is 0 Å². The summed E-state index contributed by atoms with van der Waals surface area (Å²) < 4.78 is 1.97. The van der Waals surface area contributed by atoms with Crippen molar-refractivity contribution >= 4 is 16.6 Å². The highest BCUT2D eigenvalue weighted by Crippen LogP contribution is 2.40. The molecule has 3 heterocycles. The fourth-order valence-corrected chi connectivity index (χ4v) is 2.95. The molecule has 0 amide bonds. The molecule has 3 aromatic heterocycles. The van der Waals surface area contributed by atoms with Crippen molar-refractivity contribution < 1.29 is 0 Å². The maximum Gasteiger partial charge on any atom is 0.187 e. The van der Waals surface area contributed by atoms with Crippen LogP contribution in [0.2, 0.25) is 0 Å². The molecular weight excluding hydrogens is 272 g/mol. The van der Waals surface area contributed by atoms with Crippen molar-refractivity contribution in [2.45, 2.75) is 18.8 Å². The number of aromatic nitrogens is 4. The lowest BCUT2D eigenvalue weighted by Crippen LogP contribution is -1.92. The summed E-state index contributed by atoms with van der Waals surface area (Å²) in [6, 6.07) is 16.6. The molecule has 0 bridgehead atoms. The Labute approximate surface area is 127 Å². The van der Waals surface area contributed by atoms with Gasteiger partial charge in [-0.25, -0.2) is 4.98 Å². The van der Waals surface area contributed by atoms with E-state index in [9.17, 15) is 0 Å². The van der Waals surface area contributed by atoms with E-state index in [0.717, 1.165) is 28.6 Å². The summed E-state index contributed by atoms with van der Waals surface area (Å²) in [6.45, 7) is 0. The summed E-state index contributed by atoms with van der Waals surface area (Å²) in [5.41, 5.74) is 4.14. The van der Waals surface area contributed by atoms with Gasteiger partial charge in [0.25, 0.3) is 0 Å². The molecule has 5 rings (SSSR count). The van der Waals surface area contributed by atoms with Crippen LogP contribution in [0, 0.1) is 0 Å². The van der Waals surface area contributed by atoms with E-state index in [1.54, 1.807) is 0 Å². The standard InChI is InChI=1S/C18H14N4/c1-2-10-22-17(3-1)20-21-18(22)15-9-8-13-6-7-14(12-4-5-12)11-16(13)19-15/h1-3,6-12H,4-5H2. The predicted molar refractivity (Wildman–Crippen MR) is 85.7 cm³/mol. The second kappa shape index (κ2) is 4.37. The molecule has 0 saturated heterocycles. The van der Waals surface area contributed by atoms with Gasteiger partial charge in [0, 0.05) is 11.6 Å². The molecule has 0 radical (unpaired) electrons. The molecule has 0 aliphatic heterocycles. The lowest BCUT2D eigenvalue weighted by Gasteiger charge is -2.04. The minimum atomic E-state index is 0.740. The first-order valence-electron chi connectivity index (χ1n) is 7.59. The van der Waals surface area contributed by atoms with E-state index in [1.165, 1.54) is 23.8 Å². The average Bonchev–Trinajstić information content (AvgIpc) is 3.33. The molecule has 0 N–H and O–H groups in total. The summed E-state index contributed by atoms with van der Waals surface area (Å²) >= 11 is 0. The molecule has 0 unspecified atom stereocenters. The summed E-state index contributed by atoms with van der Waals surface area (Å²) in [6.07, 6.45) is 4.58. The highest BCUT2D eigenvalue weighted by molar-refractivity contribution is 5.81. The maximum atomic E-state index is 4.82. The fourth-order valence-electron chi connectivity index (χ4n) is 2.95. The van der Waals surface area contributed by atoms with Crippen LogP contribution in [0.3, 0.4) is 0 Å². The molecule has 1 saturated carbocycles. The zero-order chi connectivity index (χ0) is 14.5. The van der Waals surface area contributed by atoms with Crippen LogP contribution in [0.4, 0.5) is 0 Å². The van der Waals surface area contributed by atoms with Gasteiger partial charge in [0.05, 0.1) is 5.52 Å². The quantitative estimate of drug-likeness (QED) is 0.562. The second-order valence-corrected chi connectivity index (χ2v) is 5.88. The van der Waals surface area contributed by atoms with Gasteiger partial charge >= 0.3 is 0 Å². The Hall–Kier alpha value is -2.75. The highest BCUT2D eigenvalue weighted by atomic mass is 15.2. The Morgan fingerprint density at radius 2 is 1.86 bits per heavy atom. The van der Waals surface area contributed by atoms with Crippen LogP contribution in [0.15, 0.2) is 54.7 Å². The van der Waals surface area contributed by atoms with Crippen molar-refractivity contribution in [1.29, 1.82) is 0 Å². The van der Waals surface area contributed by atoms with Crippen LogP contribution in [0.5, 0.6) is 0 Å². The zero-order valence-corrected chi connectivity index (χ0v) is 12.0. The van der Waals surface area contributed by atoms with Crippen molar-refractivity contribution in [2.75, 3.05) is 0 Å². The lowest BCUT2D eigenvalue weighted by atomic mass is 10.1. The molecule has 1 aliphatic rings. The molecular formula is C18H14N4. The zero-order valence-electron chi connectivity index (χ0n) is 12.0. The van der Waals surface area contributed by atoms with Gasteiger partial charge in [-0.05, 0) is 48.6 Å². The van der Waals surface area contributed by atoms with Gasteiger partial charge in [-0.3, -0.25) is 4.40 Å². The Kier molecular flexibility index (Phi) is 2.36. The van der Waals surface area contributed by atoms with Crippen LogP contribution >= 0.6 is 0 Å². The number of hydrogen-bond donors (Lipinski definition) is 0. The molecule has 0 spiro atoms. The number of rotatable bonds is 2. The number of pyridine rings is 2. The van der Waals surface area contributed by atoms with Gasteiger partial charge in [-0.2, -0.15) is 0 Å². The molecule has 106 valence electrons. The molecule has 4 heteroatoms. The first kappa shape index (κ1) is 11.9. The normalized spacial score (nSPS) is 14.7. The summed E-state index contributed by atoms with van der Waals surface area (Å²) in [5, 5.41) is 9.67. The number of benzene rings is 1. The van der Waals surface area contributed by atoms with E-state index in [1.807, 2.05) is 34.9 Å². The first-order valence-corrected chi connectivity index (χ1v) is 7.59. The van der Waals surface area contributed by atoms with E-state index >= 15 is 0 Å². The van der Waals surface area contributed by atoms with Gasteiger partial charge < -0.3 is 0 Å². The minimum Gasteiger partial charge on any atom is -0.281 e. The highest BCUT2D eigenvalue weighted by Gasteiger charge is 2.23. The molecule has 1 aliphatic carbocycles. The summed E-state index contributed by atoms with van der Waals surface area (Å²) in [7, 11) is 0. The summed E-state index contributed by atoms with van der Waals surface area (Å²) in [5.74, 6) is 1.53. The van der Waals surface area contributed by atoms with Crippen molar-refractivity contribution in [3.8, 4) is 11.5 Å². The third kappa shape index (κ3) is 1.80.